The first kappa shape index (κ1) is 15.9. The lowest BCUT2D eigenvalue weighted by Crippen LogP contribution is -2.04. The minimum absolute atomic E-state index is 0.639. The van der Waals surface area contributed by atoms with Crippen LogP contribution >= 0.6 is 0 Å². The zero-order valence-corrected chi connectivity index (χ0v) is 12.8. The number of rotatable bonds is 1. The minimum atomic E-state index is -4.35. The Hall–Kier alpha value is -3.00. The molecular formula is C19H13F3N2. The van der Waals surface area contributed by atoms with E-state index in [4.69, 9.17) is 0 Å². The Balaban J connectivity index is 1.98. The van der Waals surface area contributed by atoms with E-state index in [2.05, 4.69) is 16.9 Å². The fraction of sp³-hybridized carbons (Fsp3) is 0.105. The van der Waals surface area contributed by atoms with Gasteiger partial charge in [-0.05, 0) is 24.3 Å². The van der Waals surface area contributed by atoms with Crippen LogP contribution in [0, 0.1) is 11.8 Å². The van der Waals surface area contributed by atoms with Crippen LogP contribution < -0.4 is 0 Å². The van der Waals surface area contributed by atoms with E-state index in [0.717, 1.165) is 17.7 Å². The van der Waals surface area contributed by atoms with Gasteiger partial charge in [-0.3, -0.25) is 4.68 Å². The number of aromatic nitrogens is 2. The Morgan fingerprint density at radius 1 is 0.917 bits per heavy atom. The van der Waals surface area contributed by atoms with Crippen LogP contribution in [0.3, 0.4) is 0 Å². The molecule has 0 saturated carbocycles. The van der Waals surface area contributed by atoms with E-state index in [0.29, 0.717) is 16.8 Å². The predicted octanol–water partition coefficient (Wildman–Crippen LogP) is 4.51. The molecule has 0 bridgehead atoms. The minimum Gasteiger partial charge on any atom is -0.267 e. The van der Waals surface area contributed by atoms with Crippen molar-refractivity contribution in [2.45, 2.75) is 6.18 Å². The zero-order valence-electron chi connectivity index (χ0n) is 12.8. The normalized spacial score (nSPS) is 11.0. The quantitative estimate of drug-likeness (QED) is 0.602. The molecular weight excluding hydrogens is 313 g/mol. The number of aryl methyl sites for hydroxylation is 1. The molecule has 0 unspecified atom stereocenters. The lowest BCUT2D eigenvalue weighted by atomic mass is 10.1. The third kappa shape index (κ3) is 3.33. The van der Waals surface area contributed by atoms with Gasteiger partial charge in [0.25, 0.3) is 0 Å². The smallest absolute Gasteiger partial charge is 0.267 e. The second kappa shape index (κ2) is 6.25. The third-order valence-electron chi connectivity index (χ3n) is 3.54. The monoisotopic (exact) mass is 326 g/mol. The first-order valence-electron chi connectivity index (χ1n) is 7.22. The highest BCUT2D eigenvalue weighted by molar-refractivity contribution is 5.68. The second-order valence-electron chi connectivity index (χ2n) is 5.22. The van der Waals surface area contributed by atoms with Crippen molar-refractivity contribution in [1.29, 1.82) is 0 Å². The van der Waals surface area contributed by atoms with Crippen molar-refractivity contribution in [3.8, 4) is 23.1 Å². The van der Waals surface area contributed by atoms with Crippen molar-refractivity contribution in [3.05, 3.63) is 77.5 Å². The Labute approximate surface area is 137 Å². The summed E-state index contributed by atoms with van der Waals surface area (Å²) in [4.78, 5) is 0. The van der Waals surface area contributed by atoms with Crippen molar-refractivity contribution in [1.82, 2.24) is 9.78 Å². The van der Waals surface area contributed by atoms with Gasteiger partial charge in [0.1, 0.15) is 0 Å². The molecule has 5 heteroatoms. The second-order valence-corrected chi connectivity index (χ2v) is 5.22. The first-order valence-corrected chi connectivity index (χ1v) is 7.22. The standard InChI is InChI=1S/C19H13F3N2/c1-24-18(15-9-11-17(12-10-15)19(20,21)22)16(13-23-24)8-7-14-5-3-2-4-6-14/h2-6,9-13H,1H3. The zero-order chi connectivity index (χ0) is 17.2. The highest BCUT2D eigenvalue weighted by atomic mass is 19.4. The lowest BCUT2D eigenvalue weighted by Gasteiger charge is -2.08. The van der Waals surface area contributed by atoms with Gasteiger partial charge in [-0.2, -0.15) is 18.3 Å². The Morgan fingerprint density at radius 2 is 1.58 bits per heavy atom. The van der Waals surface area contributed by atoms with Crippen molar-refractivity contribution in [2.24, 2.45) is 7.05 Å². The molecule has 3 aromatic rings. The van der Waals surface area contributed by atoms with Gasteiger partial charge < -0.3 is 0 Å². The molecule has 0 spiro atoms. The molecule has 0 aliphatic carbocycles. The molecule has 2 aromatic carbocycles. The molecule has 2 nitrogen and oxygen atoms in total. The van der Waals surface area contributed by atoms with Gasteiger partial charge in [0, 0.05) is 18.2 Å². The van der Waals surface area contributed by atoms with E-state index in [1.807, 2.05) is 30.3 Å². The van der Waals surface area contributed by atoms with Gasteiger partial charge in [-0.1, -0.05) is 42.2 Å². The molecule has 1 aromatic heterocycles. The summed E-state index contributed by atoms with van der Waals surface area (Å²) in [5.74, 6) is 6.07. The van der Waals surface area contributed by atoms with Crippen LogP contribution in [-0.2, 0) is 13.2 Å². The van der Waals surface area contributed by atoms with Crippen LogP contribution in [0.2, 0.25) is 0 Å². The van der Waals surface area contributed by atoms with E-state index in [1.54, 1.807) is 17.9 Å². The van der Waals surface area contributed by atoms with Crippen molar-refractivity contribution in [3.63, 3.8) is 0 Å². The molecule has 120 valence electrons. The van der Waals surface area contributed by atoms with E-state index in [1.165, 1.54) is 12.1 Å². The summed E-state index contributed by atoms with van der Waals surface area (Å²) in [6, 6.07) is 14.5. The van der Waals surface area contributed by atoms with Crippen LogP contribution in [-0.4, -0.2) is 9.78 Å². The largest absolute Gasteiger partial charge is 0.416 e. The van der Waals surface area contributed by atoms with Gasteiger partial charge in [0.05, 0.1) is 23.0 Å². The molecule has 3 rings (SSSR count). The van der Waals surface area contributed by atoms with Crippen LogP contribution in [0.1, 0.15) is 16.7 Å². The van der Waals surface area contributed by atoms with E-state index < -0.39 is 11.7 Å². The number of hydrogen-bond donors (Lipinski definition) is 0. The maximum Gasteiger partial charge on any atom is 0.416 e. The number of alkyl halides is 3. The molecule has 0 atom stereocenters. The highest BCUT2D eigenvalue weighted by Gasteiger charge is 2.30. The molecule has 0 N–H and O–H groups in total. The molecule has 0 aliphatic rings. The van der Waals surface area contributed by atoms with Gasteiger partial charge >= 0.3 is 6.18 Å². The summed E-state index contributed by atoms with van der Waals surface area (Å²) in [5.41, 5.74) is 2.18. The molecule has 0 aliphatic heterocycles. The van der Waals surface area contributed by atoms with Crippen molar-refractivity contribution < 1.29 is 13.2 Å². The molecule has 0 amide bonds. The fourth-order valence-electron chi connectivity index (χ4n) is 2.35. The van der Waals surface area contributed by atoms with Crippen LogP contribution in [0.4, 0.5) is 13.2 Å². The van der Waals surface area contributed by atoms with Gasteiger partial charge in [0.15, 0.2) is 0 Å². The summed E-state index contributed by atoms with van der Waals surface area (Å²) in [7, 11) is 1.74. The summed E-state index contributed by atoms with van der Waals surface area (Å²) < 4.78 is 39.7. The number of benzene rings is 2. The maximum atomic E-state index is 12.7. The Bertz CT molecular complexity index is 896. The van der Waals surface area contributed by atoms with E-state index in [-0.39, 0.29) is 0 Å². The number of hydrogen-bond acceptors (Lipinski definition) is 1. The van der Waals surface area contributed by atoms with Gasteiger partial charge in [-0.25, -0.2) is 0 Å². The SMILES string of the molecule is Cn1ncc(C#Cc2ccccc2)c1-c1ccc(C(F)(F)F)cc1. The first-order chi connectivity index (χ1) is 11.4. The average molecular weight is 326 g/mol. The number of halogens is 3. The topological polar surface area (TPSA) is 17.8 Å². The predicted molar refractivity (Wildman–Crippen MR) is 86.1 cm³/mol. The van der Waals surface area contributed by atoms with Crippen molar-refractivity contribution >= 4 is 0 Å². The van der Waals surface area contributed by atoms with Crippen LogP contribution in [0.15, 0.2) is 60.8 Å². The average Bonchev–Trinajstić information content (AvgIpc) is 2.94. The summed E-state index contributed by atoms with van der Waals surface area (Å²) in [5, 5.41) is 4.17. The van der Waals surface area contributed by atoms with E-state index in [9.17, 15) is 13.2 Å². The van der Waals surface area contributed by atoms with Crippen LogP contribution in [0.25, 0.3) is 11.3 Å². The summed E-state index contributed by atoms with van der Waals surface area (Å²) >= 11 is 0. The molecule has 1 heterocycles. The van der Waals surface area contributed by atoms with Crippen molar-refractivity contribution in [2.75, 3.05) is 0 Å². The van der Waals surface area contributed by atoms with Gasteiger partial charge in [-0.15, -0.1) is 0 Å². The van der Waals surface area contributed by atoms with E-state index >= 15 is 0 Å². The Morgan fingerprint density at radius 3 is 2.21 bits per heavy atom. The molecule has 0 saturated heterocycles. The maximum absolute atomic E-state index is 12.7. The molecule has 0 radical (unpaired) electrons. The third-order valence-corrected chi connectivity index (χ3v) is 3.54. The lowest BCUT2D eigenvalue weighted by molar-refractivity contribution is -0.137. The molecule has 24 heavy (non-hydrogen) atoms. The summed E-state index contributed by atoms with van der Waals surface area (Å²) in [6.07, 6.45) is -2.73. The molecule has 0 fully saturated rings. The van der Waals surface area contributed by atoms with Crippen LogP contribution in [0.5, 0.6) is 0 Å². The number of nitrogens with zero attached hydrogens (tertiary/aromatic N) is 2. The fourth-order valence-corrected chi connectivity index (χ4v) is 2.35. The summed E-state index contributed by atoms with van der Waals surface area (Å²) in [6.45, 7) is 0. The Kier molecular flexibility index (Phi) is 4.13. The highest BCUT2D eigenvalue weighted by Crippen LogP contribution is 2.31. The van der Waals surface area contributed by atoms with Gasteiger partial charge in [0.2, 0.25) is 0 Å².